The van der Waals surface area contributed by atoms with Crippen LogP contribution in [0.1, 0.15) is 28.6 Å². The molecular formula is C23H20N2O6. The number of aromatic hydroxyl groups is 1. The summed E-state index contributed by atoms with van der Waals surface area (Å²) in [4.78, 5) is 24.5. The van der Waals surface area contributed by atoms with Crippen molar-refractivity contribution in [2.75, 3.05) is 13.2 Å². The number of hydrogen-bond donors (Lipinski definition) is 2. The molecule has 158 valence electrons. The molecule has 2 N–H and O–H groups in total. The Hall–Kier alpha value is -4.09. The molecule has 8 nitrogen and oxygen atoms in total. The Kier molecular flexibility index (Phi) is 6.38. The van der Waals surface area contributed by atoms with Gasteiger partial charge in [-0.15, -0.1) is 0 Å². The van der Waals surface area contributed by atoms with Crippen molar-refractivity contribution in [3.63, 3.8) is 0 Å². The maximum Gasteiger partial charge on any atom is 0.338 e. The third-order valence-electron chi connectivity index (χ3n) is 4.61. The van der Waals surface area contributed by atoms with Gasteiger partial charge >= 0.3 is 5.97 Å². The number of esters is 1. The van der Waals surface area contributed by atoms with Crippen LogP contribution in [-0.2, 0) is 11.3 Å². The van der Waals surface area contributed by atoms with Gasteiger partial charge in [0, 0.05) is 10.8 Å². The van der Waals surface area contributed by atoms with Crippen LogP contribution in [0.4, 0.5) is 0 Å². The minimum atomic E-state index is -0.604. The van der Waals surface area contributed by atoms with E-state index in [4.69, 9.17) is 14.3 Å². The normalized spacial score (nSPS) is 11.3. The smallest absolute Gasteiger partial charge is 0.338 e. The summed E-state index contributed by atoms with van der Waals surface area (Å²) in [5, 5.41) is 28.8. The van der Waals surface area contributed by atoms with Gasteiger partial charge in [0.05, 0.1) is 30.5 Å². The average Bonchev–Trinajstić information content (AvgIpc) is 3.23. The summed E-state index contributed by atoms with van der Waals surface area (Å²) < 4.78 is 11.7. The molecule has 0 bridgehead atoms. The molecule has 0 fully saturated rings. The molecule has 0 unspecified atom stereocenters. The van der Waals surface area contributed by atoms with Gasteiger partial charge in [0.1, 0.15) is 23.2 Å². The number of rotatable bonds is 6. The standard InChI is InChI=1S/C23H20N2O6/c1-3-30-23(29)16-6-4-15(5-7-16)20-9-8-17(31-20)12-18-14(2)19(13-24)22(28)25(10-11-26)21(18)27/h4-9,12,26,28H,2-3,10-11H2,1H3/b18-12-. The van der Waals surface area contributed by atoms with Crippen molar-refractivity contribution in [1.29, 1.82) is 5.26 Å². The molecule has 2 aromatic heterocycles. The Balaban J connectivity index is 2.04. The molecule has 0 spiro atoms. The second-order valence-corrected chi connectivity index (χ2v) is 6.53. The molecular weight excluding hydrogens is 400 g/mol. The van der Waals surface area contributed by atoms with E-state index in [9.17, 15) is 20.0 Å². The maximum atomic E-state index is 12.7. The predicted octanol–water partition coefficient (Wildman–Crippen LogP) is 1.09. The minimum absolute atomic E-state index is 0.0657. The first-order chi connectivity index (χ1) is 14.9. The third kappa shape index (κ3) is 4.27. The molecule has 0 amide bonds. The number of nitrogens with zero attached hydrogens (tertiary/aromatic N) is 2. The van der Waals surface area contributed by atoms with E-state index in [2.05, 4.69) is 6.58 Å². The SMILES string of the molecule is C=c1c(C#N)c(O)n(CCO)c(=O)/c1=C\c1ccc(-c2ccc(C(=O)OCC)cc2)o1. The fraction of sp³-hybridized carbons (Fsp3) is 0.174. The lowest BCUT2D eigenvalue weighted by atomic mass is 10.1. The maximum absolute atomic E-state index is 12.7. The van der Waals surface area contributed by atoms with Crippen LogP contribution in [0.15, 0.2) is 45.6 Å². The Morgan fingerprint density at radius 2 is 2.00 bits per heavy atom. The number of ether oxygens (including phenoxy) is 1. The first-order valence-corrected chi connectivity index (χ1v) is 9.46. The Morgan fingerprint density at radius 3 is 2.61 bits per heavy atom. The van der Waals surface area contributed by atoms with Crippen molar-refractivity contribution < 1.29 is 24.2 Å². The van der Waals surface area contributed by atoms with Crippen molar-refractivity contribution in [3.05, 3.63) is 74.1 Å². The van der Waals surface area contributed by atoms with Gasteiger partial charge in [0.25, 0.3) is 5.56 Å². The zero-order valence-electron chi connectivity index (χ0n) is 16.8. The summed E-state index contributed by atoms with van der Waals surface area (Å²) in [6, 6.07) is 11.8. The summed E-state index contributed by atoms with van der Waals surface area (Å²) in [6.07, 6.45) is 1.43. The van der Waals surface area contributed by atoms with Crippen molar-refractivity contribution in [1.82, 2.24) is 4.57 Å². The van der Waals surface area contributed by atoms with Crippen molar-refractivity contribution in [2.45, 2.75) is 13.5 Å². The van der Waals surface area contributed by atoms with Gasteiger partial charge in [-0.1, -0.05) is 18.7 Å². The Labute approximate surface area is 177 Å². The average molecular weight is 420 g/mol. The molecule has 1 aromatic carbocycles. The van der Waals surface area contributed by atoms with Gasteiger partial charge in [-0.3, -0.25) is 9.36 Å². The van der Waals surface area contributed by atoms with Gasteiger partial charge in [-0.2, -0.15) is 5.26 Å². The number of hydrogen-bond acceptors (Lipinski definition) is 7. The highest BCUT2D eigenvalue weighted by Crippen LogP contribution is 2.23. The molecule has 0 atom stereocenters. The number of furan rings is 1. The number of benzene rings is 1. The van der Waals surface area contributed by atoms with E-state index in [1.807, 2.05) is 6.07 Å². The lowest BCUT2D eigenvalue weighted by Gasteiger charge is -2.08. The quantitative estimate of drug-likeness (QED) is 0.572. The first kappa shape index (κ1) is 21.6. The number of aliphatic hydroxyl groups excluding tert-OH is 1. The topological polar surface area (TPSA) is 126 Å². The number of aromatic nitrogens is 1. The van der Waals surface area contributed by atoms with E-state index in [0.29, 0.717) is 22.6 Å². The van der Waals surface area contributed by atoms with E-state index < -0.39 is 17.4 Å². The molecule has 0 saturated heterocycles. The largest absolute Gasteiger partial charge is 0.493 e. The van der Waals surface area contributed by atoms with E-state index in [0.717, 1.165) is 4.57 Å². The third-order valence-corrected chi connectivity index (χ3v) is 4.61. The van der Waals surface area contributed by atoms with E-state index in [1.165, 1.54) is 6.08 Å². The predicted molar refractivity (Wildman–Crippen MR) is 113 cm³/mol. The van der Waals surface area contributed by atoms with Crippen LogP contribution in [0.2, 0.25) is 0 Å². The van der Waals surface area contributed by atoms with Crippen LogP contribution in [0, 0.1) is 11.3 Å². The fourth-order valence-electron chi connectivity index (χ4n) is 3.06. The fourth-order valence-corrected chi connectivity index (χ4v) is 3.06. The second kappa shape index (κ2) is 9.15. The van der Waals surface area contributed by atoms with Crippen LogP contribution in [0.3, 0.4) is 0 Å². The second-order valence-electron chi connectivity index (χ2n) is 6.53. The van der Waals surface area contributed by atoms with Crippen LogP contribution in [0.5, 0.6) is 5.88 Å². The number of carbonyl (C=O) groups excluding carboxylic acids is 1. The molecule has 2 heterocycles. The number of pyridine rings is 1. The van der Waals surface area contributed by atoms with Crippen molar-refractivity contribution in [3.8, 4) is 23.3 Å². The highest BCUT2D eigenvalue weighted by atomic mass is 16.5. The highest BCUT2D eigenvalue weighted by molar-refractivity contribution is 5.89. The molecule has 0 radical (unpaired) electrons. The lowest BCUT2D eigenvalue weighted by molar-refractivity contribution is 0.0526. The van der Waals surface area contributed by atoms with Crippen LogP contribution >= 0.6 is 0 Å². The zero-order chi connectivity index (χ0) is 22.5. The summed E-state index contributed by atoms with van der Waals surface area (Å²) in [7, 11) is 0. The molecule has 0 aliphatic rings. The Bertz CT molecular complexity index is 1330. The lowest BCUT2D eigenvalue weighted by Crippen LogP contribution is -2.46. The van der Waals surface area contributed by atoms with Gasteiger partial charge in [0.2, 0.25) is 5.88 Å². The summed E-state index contributed by atoms with van der Waals surface area (Å²) in [5.41, 5.74) is 0.375. The van der Waals surface area contributed by atoms with Gasteiger partial charge < -0.3 is 19.4 Å². The number of aliphatic hydroxyl groups is 1. The van der Waals surface area contributed by atoms with Gasteiger partial charge in [-0.05, 0) is 37.3 Å². The van der Waals surface area contributed by atoms with Crippen LogP contribution < -0.4 is 16.0 Å². The number of carbonyl (C=O) groups is 1. The molecule has 3 aromatic rings. The zero-order valence-corrected chi connectivity index (χ0v) is 16.8. The van der Waals surface area contributed by atoms with Gasteiger partial charge in [0.15, 0.2) is 0 Å². The summed E-state index contributed by atoms with van der Waals surface area (Å²) in [5.74, 6) is -0.116. The summed E-state index contributed by atoms with van der Waals surface area (Å²) in [6.45, 7) is 5.21. The molecule has 8 heteroatoms. The highest BCUT2D eigenvalue weighted by Gasteiger charge is 2.14. The number of nitriles is 1. The summed E-state index contributed by atoms with van der Waals surface area (Å²) >= 11 is 0. The van der Waals surface area contributed by atoms with E-state index in [-0.39, 0.29) is 35.8 Å². The van der Waals surface area contributed by atoms with Crippen molar-refractivity contribution >= 4 is 18.6 Å². The minimum Gasteiger partial charge on any atom is -0.493 e. The molecule has 0 aliphatic carbocycles. The van der Waals surface area contributed by atoms with Crippen LogP contribution in [-0.4, -0.2) is 34.0 Å². The van der Waals surface area contributed by atoms with Crippen molar-refractivity contribution in [2.24, 2.45) is 0 Å². The Morgan fingerprint density at radius 1 is 1.29 bits per heavy atom. The van der Waals surface area contributed by atoms with Gasteiger partial charge in [-0.25, -0.2) is 4.79 Å². The van der Waals surface area contributed by atoms with E-state index in [1.54, 1.807) is 43.3 Å². The molecule has 3 rings (SSSR count). The molecule has 31 heavy (non-hydrogen) atoms. The first-order valence-electron chi connectivity index (χ1n) is 9.46. The van der Waals surface area contributed by atoms with Crippen LogP contribution in [0.25, 0.3) is 24.0 Å². The molecule has 0 saturated carbocycles. The monoisotopic (exact) mass is 420 g/mol. The molecule has 0 aliphatic heterocycles. The van der Waals surface area contributed by atoms with E-state index >= 15 is 0 Å².